The summed E-state index contributed by atoms with van der Waals surface area (Å²) in [6, 6.07) is 4.08. The van der Waals surface area contributed by atoms with E-state index in [2.05, 4.69) is 28.8 Å². The van der Waals surface area contributed by atoms with Gasteiger partial charge in [-0.2, -0.15) is 5.10 Å². The van der Waals surface area contributed by atoms with Gasteiger partial charge in [0.15, 0.2) is 5.65 Å². The van der Waals surface area contributed by atoms with Crippen LogP contribution >= 0.6 is 0 Å². The number of hydrogen-bond donors (Lipinski definition) is 1. The van der Waals surface area contributed by atoms with E-state index in [4.69, 9.17) is 5.11 Å². The Bertz CT molecular complexity index is 466. The lowest BCUT2D eigenvalue weighted by atomic mass is 10.3. The fourth-order valence-electron chi connectivity index (χ4n) is 1.71. The highest BCUT2D eigenvalue weighted by molar-refractivity contribution is 5.47. The fraction of sp³-hybridized carbons (Fsp3) is 0.455. The summed E-state index contributed by atoms with van der Waals surface area (Å²) in [5.74, 6) is 0.872. The molecule has 2 aromatic rings. The van der Waals surface area contributed by atoms with Crippen LogP contribution in [0.1, 0.15) is 13.8 Å². The molecular formula is C11H16N4O. The van der Waals surface area contributed by atoms with Gasteiger partial charge in [0.2, 0.25) is 0 Å². The smallest absolute Gasteiger partial charge is 0.157 e. The molecule has 0 aliphatic rings. The van der Waals surface area contributed by atoms with Crippen molar-refractivity contribution in [2.24, 2.45) is 0 Å². The number of anilines is 1. The van der Waals surface area contributed by atoms with Crippen LogP contribution in [0.5, 0.6) is 0 Å². The molecule has 5 heteroatoms. The molecule has 0 atom stereocenters. The molecule has 2 rings (SSSR count). The first-order valence-electron chi connectivity index (χ1n) is 5.40. The van der Waals surface area contributed by atoms with E-state index in [1.54, 1.807) is 10.7 Å². The van der Waals surface area contributed by atoms with Gasteiger partial charge in [0.1, 0.15) is 5.82 Å². The maximum absolute atomic E-state index is 9.03. The first kappa shape index (κ1) is 10.9. The van der Waals surface area contributed by atoms with Gasteiger partial charge >= 0.3 is 0 Å². The lowest BCUT2D eigenvalue weighted by molar-refractivity contribution is 0.298. The lowest BCUT2D eigenvalue weighted by Gasteiger charge is -2.26. The van der Waals surface area contributed by atoms with Crippen molar-refractivity contribution in [2.75, 3.05) is 18.1 Å². The van der Waals surface area contributed by atoms with E-state index in [0.29, 0.717) is 12.6 Å². The number of aliphatic hydroxyl groups excluding tert-OH is 1. The highest BCUT2D eigenvalue weighted by atomic mass is 16.3. The number of fused-ring (bicyclic) bond motifs is 1. The zero-order chi connectivity index (χ0) is 11.5. The van der Waals surface area contributed by atoms with E-state index in [0.717, 1.165) is 11.5 Å². The van der Waals surface area contributed by atoms with Crippen LogP contribution in [0, 0.1) is 0 Å². The van der Waals surface area contributed by atoms with Crippen molar-refractivity contribution >= 4 is 11.5 Å². The Hall–Kier alpha value is -1.62. The molecule has 0 amide bonds. The number of aliphatic hydroxyl groups is 1. The Labute approximate surface area is 94.3 Å². The third-order valence-corrected chi connectivity index (χ3v) is 2.50. The van der Waals surface area contributed by atoms with Gasteiger partial charge in [-0.1, -0.05) is 0 Å². The van der Waals surface area contributed by atoms with Crippen molar-refractivity contribution in [3.8, 4) is 0 Å². The molecule has 0 fully saturated rings. The zero-order valence-corrected chi connectivity index (χ0v) is 9.54. The Kier molecular flexibility index (Phi) is 3.05. The van der Waals surface area contributed by atoms with E-state index in [1.165, 1.54) is 0 Å². The fourth-order valence-corrected chi connectivity index (χ4v) is 1.71. The summed E-state index contributed by atoms with van der Waals surface area (Å²) in [7, 11) is 0. The Morgan fingerprint density at radius 2 is 2.25 bits per heavy atom. The molecule has 2 heterocycles. The summed E-state index contributed by atoms with van der Waals surface area (Å²) < 4.78 is 1.72. The molecule has 1 N–H and O–H groups in total. The van der Waals surface area contributed by atoms with Gasteiger partial charge < -0.3 is 10.0 Å². The Balaban J connectivity index is 2.35. The zero-order valence-electron chi connectivity index (χ0n) is 9.54. The summed E-state index contributed by atoms with van der Waals surface area (Å²) in [6.07, 6.45) is 3.60. The van der Waals surface area contributed by atoms with Crippen LogP contribution in [-0.4, -0.2) is 38.9 Å². The van der Waals surface area contributed by atoms with E-state index in [1.807, 2.05) is 18.3 Å². The third-order valence-electron chi connectivity index (χ3n) is 2.50. The number of hydrogen-bond acceptors (Lipinski definition) is 4. The predicted molar refractivity (Wildman–Crippen MR) is 62.6 cm³/mol. The third kappa shape index (κ3) is 1.99. The molecule has 0 saturated heterocycles. The van der Waals surface area contributed by atoms with Crippen LogP contribution in [0.25, 0.3) is 5.65 Å². The standard InChI is InChI=1S/C11H16N4O/c1-9(2)14(7-8-16)10-4-6-15-11(13-10)3-5-12-15/h3-6,9,16H,7-8H2,1-2H3. The molecule has 0 aliphatic carbocycles. The summed E-state index contributed by atoms with van der Waals surface area (Å²) in [4.78, 5) is 6.55. The lowest BCUT2D eigenvalue weighted by Crippen LogP contribution is -2.34. The maximum Gasteiger partial charge on any atom is 0.157 e. The van der Waals surface area contributed by atoms with Gasteiger partial charge in [-0.15, -0.1) is 0 Å². The summed E-state index contributed by atoms with van der Waals surface area (Å²) in [6.45, 7) is 4.88. The first-order chi connectivity index (χ1) is 7.72. The van der Waals surface area contributed by atoms with Crippen molar-refractivity contribution in [3.05, 3.63) is 24.5 Å². The summed E-state index contributed by atoms with van der Waals surface area (Å²) in [5.41, 5.74) is 0.820. The Morgan fingerprint density at radius 1 is 1.44 bits per heavy atom. The van der Waals surface area contributed by atoms with Crippen LogP contribution < -0.4 is 4.90 Å². The van der Waals surface area contributed by atoms with Crippen molar-refractivity contribution in [1.82, 2.24) is 14.6 Å². The van der Waals surface area contributed by atoms with Gasteiger partial charge in [0.25, 0.3) is 0 Å². The molecule has 2 aromatic heterocycles. The molecule has 16 heavy (non-hydrogen) atoms. The van der Waals surface area contributed by atoms with E-state index >= 15 is 0 Å². The molecule has 5 nitrogen and oxygen atoms in total. The maximum atomic E-state index is 9.03. The molecule has 0 aromatic carbocycles. The van der Waals surface area contributed by atoms with Gasteiger partial charge in [-0.25, -0.2) is 9.50 Å². The SMILES string of the molecule is CC(C)N(CCO)c1ccn2nccc2n1. The molecule has 0 unspecified atom stereocenters. The molecule has 86 valence electrons. The average molecular weight is 220 g/mol. The van der Waals surface area contributed by atoms with E-state index < -0.39 is 0 Å². The van der Waals surface area contributed by atoms with Crippen molar-refractivity contribution < 1.29 is 5.11 Å². The normalized spacial score (nSPS) is 11.2. The van der Waals surface area contributed by atoms with Gasteiger partial charge in [0, 0.05) is 24.8 Å². The molecule has 0 saturated carbocycles. The molecule has 0 aliphatic heterocycles. The molecular weight excluding hydrogens is 204 g/mol. The van der Waals surface area contributed by atoms with Crippen LogP contribution in [0.4, 0.5) is 5.82 Å². The minimum absolute atomic E-state index is 0.129. The highest BCUT2D eigenvalue weighted by Crippen LogP contribution is 2.14. The van der Waals surface area contributed by atoms with E-state index in [9.17, 15) is 0 Å². The van der Waals surface area contributed by atoms with Crippen LogP contribution in [0.2, 0.25) is 0 Å². The monoisotopic (exact) mass is 220 g/mol. The van der Waals surface area contributed by atoms with Crippen LogP contribution in [0.15, 0.2) is 24.5 Å². The Morgan fingerprint density at radius 3 is 2.94 bits per heavy atom. The quantitative estimate of drug-likeness (QED) is 0.833. The molecule has 0 bridgehead atoms. The van der Waals surface area contributed by atoms with Crippen LogP contribution in [0.3, 0.4) is 0 Å². The summed E-state index contributed by atoms with van der Waals surface area (Å²) >= 11 is 0. The summed E-state index contributed by atoms with van der Waals surface area (Å²) in [5, 5.41) is 13.1. The second-order valence-electron chi connectivity index (χ2n) is 3.93. The predicted octanol–water partition coefficient (Wildman–Crippen LogP) is 0.936. The van der Waals surface area contributed by atoms with E-state index in [-0.39, 0.29) is 6.61 Å². The van der Waals surface area contributed by atoms with Crippen LogP contribution in [-0.2, 0) is 0 Å². The number of rotatable bonds is 4. The minimum atomic E-state index is 0.129. The molecule has 0 radical (unpaired) electrons. The van der Waals surface area contributed by atoms with Crippen molar-refractivity contribution in [3.63, 3.8) is 0 Å². The minimum Gasteiger partial charge on any atom is -0.395 e. The van der Waals surface area contributed by atoms with Gasteiger partial charge in [-0.05, 0) is 19.9 Å². The molecule has 0 spiro atoms. The van der Waals surface area contributed by atoms with Gasteiger partial charge in [0.05, 0.1) is 12.8 Å². The first-order valence-corrected chi connectivity index (χ1v) is 5.40. The topological polar surface area (TPSA) is 53.7 Å². The number of aromatic nitrogens is 3. The number of nitrogens with zero attached hydrogens (tertiary/aromatic N) is 4. The van der Waals surface area contributed by atoms with Crippen molar-refractivity contribution in [1.29, 1.82) is 0 Å². The highest BCUT2D eigenvalue weighted by Gasteiger charge is 2.11. The van der Waals surface area contributed by atoms with Gasteiger partial charge in [-0.3, -0.25) is 0 Å². The largest absolute Gasteiger partial charge is 0.395 e. The average Bonchev–Trinajstić information content (AvgIpc) is 2.72. The second kappa shape index (κ2) is 4.49. The second-order valence-corrected chi connectivity index (χ2v) is 3.93. The van der Waals surface area contributed by atoms with Crippen molar-refractivity contribution in [2.45, 2.75) is 19.9 Å².